The van der Waals surface area contributed by atoms with Gasteiger partial charge in [-0.3, -0.25) is 0 Å². The molecule has 2 aliphatic rings. The fraction of sp³-hybridized carbons (Fsp3) is 0.583. The van der Waals surface area contributed by atoms with Crippen molar-refractivity contribution in [2.45, 2.75) is 65.0 Å². The number of allylic oxidation sites excluding steroid dienone is 4. The lowest BCUT2D eigenvalue weighted by atomic mass is 9.62. The average Bonchev–Trinajstić information content (AvgIpc) is 2.62. The van der Waals surface area contributed by atoms with Crippen LogP contribution in [0.2, 0.25) is 0 Å². The summed E-state index contributed by atoms with van der Waals surface area (Å²) >= 11 is 0. The van der Waals surface area contributed by atoms with Crippen molar-refractivity contribution in [2.75, 3.05) is 13.2 Å². The smallest absolute Gasteiger partial charge is 0.0632 e. The van der Waals surface area contributed by atoms with Gasteiger partial charge in [-0.2, -0.15) is 0 Å². The Morgan fingerprint density at radius 2 is 2.00 bits per heavy atom. The zero-order valence-electron chi connectivity index (χ0n) is 16.9. The summed E-state index contributed by atoms with van der Waals surface area (Å²) in [5.74, 6) is 0.628. The van der Waals surface area contributed by atoms with E-state index in [1.807, 2.05) is 0 Å². The van der Waals surface area contributed by atoms with Crippen molar-refractivity contribution in [3.05, 3.63) is 59.7 Å². The number of ether oxygens (including phenoxy) is 1. The number of rotatable bonds is 6. The molecule has 3 rings (SSSR count). The molecule has 0 saturated carbocycles. The topological polar surface area (TPSA) is 21.3 Å². The summed E-state index contributed by atoms with van der Waals surface area (Å²) in [4.78, 5) is 0. The average molecular weight is 354 g/mol. The van der Waals surface area contributed by atoms with E-state index < -0.39 is 0 Å². The van der Waals surface area contributed by atoms with E-state index in [4.69, 9.17) is 4.74 Å². The maximum atomic E-state index is 6.07. The number of hydrogen-bond acceptors (Lipinski definition) is 2. The summed E-state index contributed by atoms with van der Waals surface area (Å²) in [6.45, 7) is 10.9. The molecule has 142 valence electrons. The highest BCUT2D eigenvalue weighted by Crippen LogP contribution is 2.49. The normalized spacial score (nSPS) is 29.2. The first-order valence-corrected chi connectivity index (χ1v) is 10.2. The summed E-state index contributed by atoms with van der Waals surface area (Å²) < 4.78 is 6.07. The van der Waals surface area contributed by atoms with Gasteiger partial charge in [-0.25, -0.2) is 0 Å². The van der Waals surface area contributed by atoms with E-state index >= 15 is 0 Å². The van der Waals surface area contributed by atoms with Gasteiger partial charge in [0.1, 0.15) is 0 Å². The molecule has 1 N–H and O–H groups in total. The van der Waals surface area contributed by atoms with Crippen LogP contribution >= 0.6 is 0 Å². The summed E-state index contributed by atoms with van der Waals surface area (Å²) in [6, 6.07) is 11.1. The van der Waals surface area contributed by atoms with Crippen molar-refractivity contribution in [3.8, 4) is 0 Å². The van der Waals surface area contributed by atoms with E-state index in [0.717, 1.165) is 19.6 Å². The van der Waals surface area contributed by atoms with Crippen LogP contribution in [0.4, 0.5) is 0 Å². The highest BCUT2D eigenvalue weighted by atomic mass is 16.5. The Hall–Kier alpha value is -1.38. The first-order chi connectivity index (χ1) is 12.4. The van der Waals surface area contributed by atoms with Gasteiger partial charge in [-0.05, 0) is 76.8 Å². The quantitative estimate of drug-likeness (QED) is 0.695. The van der Waals surface area contributed by atoms with E-state index in [-0.39, 0.29) is 5.60 Å². The molecule has 0 spiro atoms. The van der Waals surface area contributed by atoms with Crippen LogP contribution < -0.4 is 5.32 Å². The van der Waals surface area contributed by atoms with Crippen molar-refractivity contribution >= 4 is 0 Å². The minimum atomic E-state index is -0.0205. The molecule has 26 heavy (non-hydrogen) atoms. The lowest BCUT2D eigenvalue weighted by Crippen LogP contribution is -2.46. The molecule has 1 heterocycles. The number of benzene rings is 1. The molecule has 1 aromatic rings. The molecule has 0 bridgehead atoms. The molecule has 1 aliphatic heterocycles. The summed E-state index contributed by atoms with van der Waals surface area (Å²) in [7, 11) is 0. The van der Waals surface area contributed by atoms with Gasteiger partial charge in [0.05, 0.1) is 5.60 Å². The van der Waals surface area contributed by atoms with Crippen LogP contribution in [0.15, 0.2) is 54.1 Å². The standard InChI is InChI=1S/C24H35NO/c1-19-10-12-22(13-11-19)24(15-17-26-23(3,4)18-24)14-16-25-20(2)21-8-6-5-7-9-21/h5-12,20,22,25H,13-18H2,1-4H3/t20-,22?,24?/m1/s1. The molecule has 3 atom stereocenters. The van der Waals surface area contributed by atoms with Crippen molar-refractivity contribution in [2.24, 2.45) is 11.3 Å². The minimum Gasteiger partial charge on any atom is -0.376 e. The SMILES string of the molecule is CC1=CCC(C2(CCN[C@H](C)c3ccccc3)CCOC(C)(C)C2)C=C1. The molecule has 0 radical (unpaired) electrons. The Morgan fingerprint density at radius 1 is 1.23 bits per heavy atom. The largest absolute Gasteiger partial charge is 0.376 e. The van der Waals surface area contributed by atoms with Gasteiger partial charge in [0.25, 0.3) is 0 Å². The van der Waals surface area contributed by atoms with Crippen LogP contribution in [0.1, 0.15) is 65.0 Å². The number of nitrogens with one attached hydrogen (secondary N) is 1. The molecular weight excluding hydrogens is 318 g/mol. The lowest BCUT2D eigenvalue weighted by molar-refractivity contribution is -0.119. The van der Waals surface area contributed by atoms with E-state index in [9.17, 15) is 0 Å². The molecule has 1 aliphatic carbocycles. The second-order valence-corrected chi connectivity index (χ2v) is 8.88. The van der Waals surface area contributed by atoms with Gasteiger partial charge in [0.2, 0.25) is 0 Å². The Bertz CT molecular complexity index is 645. The fourth-order valence-corrected chi connectivity index (χ4v) is 4.81. The molecule has 2 nitrogen and oxygen atoms in total. The summed E-state index contributed by atoms with van der Waals surface area (Å²) in [5.41, 5.74) is 3.08. The van der Waals surface area contributed by atoms with Crippen molar-refractivity contribution in [1.29, 1.82) is 0 Å². The molecule has 2 heteroatoms. The molecule has 1 fully saturated rings. The van der Waals surface area contributed by atoms with Crippen LogP contribution in [-0.2, 0) is 4.74 Å². The Balaban J connectivity index is 1.67. The molecule has 1 saturated heterocycles. The molecule has 0 amide bonds. The second-order valence-electron chi connectivity index (χ2n) is 8.88. The van der Waals surface area contributed by atoms with Crippen molar-refractivity contribution in [1.82, 2.24) is 5.32 Å². The zero-order valence-corrected chi connectivity index (χ0v) is 16.9. The Labute approximate surface area is 159 Å². The first kappa shape index (κ1) is 19.4. The third kappa shape index (κ3) is 4.66. The molecular formula is C24H35NO. The van der Waals surface area contributed by atoms with Crippen LogP contribution in [0.3, 0.4) is 0 Å². The zero-order chi connectivity index (χ0) is 18.6. The Morgan fingerprint density at radius 3 is 2.65 bits per heavy atom. The highest BCUT2D eigenvalue weighted by Gasteiger charge is 2.44. The highest BCUT2D eigenvalue weighted by molar-refractivity contribution is 5.23. The molecule has 0 aromatic heterocycles. The van der Waals surface area contributed by atoms with Crippen LogP contribution in [0, 0.1) is 11.3 Å². The third-order valence-electron chi connectivity index (χ3n) is 6.32. The second kappa shape index (κ2) is 8.10. The van der Waals surface area contributed by atoms with E-state index in [1.165, 1.54) is 30.4 Å². The summed E-state index contributed by atoms with van der Waals surface area (Å²) in [5, 5.41) is 3.77. The predicted molar refractivity (Wildman–Crippen MR) is 110 cm³/mol. The maximum Gasteiger partial charge on any atom is 0.0632 e. The summed E-state index contributed by atoms with van der Waals surface area (Å²) in [6.07, 6.45) is 11.9. The van der Waals surface area contributed by atoms with Gasteiger partial charge in [-0.1, -0.05) is 54.1 Å². The molecule has 2 unspecified atom stereocenters. The van der Waals surface area contributed by atoms with Gasteiger partial charge in [0, 0.05) is 12.6 Å². The minimum absolute atomic E-state index is 0.0205. The first-order valence-electron chi connectivity index (χ1n) is 10.2. The van der Waals surface area contributed by atoms with Crippen molar-refractivity contribution < 1.29 is 4.74 Å². The predicted octanol–water partition coefficient (Wildman–Crippen LogP) is 5.83. The van der Waals surface area contributed by atoms with Crippen molar-refractivity contribution in [3.63, 3.8) is 0 Å². The van der Waals surface area contributed by atoms with Gasteiger partial charge >= 0.3 is 0 Å². The maximum absolute atomic E-state index is 6.07. The number of hydrogen-bond donors (Lipinski definition) is 1. The Kier molecular flexibility index (Phi) is 6.04. The van der Waals surface area contributed by atoms with E-state index in [1.54, 1.807) is 0 Å². The van der Waals surface area contributed by atoms with E-state index in [2.05, 4.69) is 81.6 Å². The van der Waals surface area contributed by atoms with Gasteiger partial charge in [0.15, 0.2) is 0 Å². The van der Waals surface area contributed by atoms with Crippen LogP contribution in [0.25, 0.3) is 0 Å². The van der Waals surface area contributed by atoms with Crippen LogP contribution in [-0.4, -0.2) is 18.8 Å². The lowest BCUT2D eigenvalue weighted by Gasteiger charge is -2.49. The van der Waals surface area contributed by atoms with Gasteiger partial charge < -0.3 is 10.1 Å². The third-order valence-corrected chi connectivity index (χ3v) is 6.32. The van der Waals surface area contributed by atoms with Gasteiger partial charge in [-0.15, -0.1) is 0 Å². The fourth-order valence-electron chi connectivity index (χ4n) is 4.81. The van der Waals surface area contributed by atoms with E-state index in [0.29, 0.717) is 17.4 Å². The molecule has 1 aromatic carbocycles. The monoisotopic (exact) mass is 353 g/mol. The van der Waals surface area contributed by atoms with Crippen LogP contribution in [0.5, 0.6) is 0 Å².